The first-order valence-corrected chi connectivity index (χ1v) is 8.94. The molecule has 0 spiro atoms. The second-order valence-corrected chi connectivity index (χ2v) is 9.38. The van der Waals surface area contributed by atoms with Crippen molar-refractivity contribution < 1.29 is 0 Å². The normalized spacial score (nSPS) is 47.2. The zero-order chi connectivity index (χ0) is 14.0. The van der Waals surface area contributed by atoms with Crippen LogP contribution in [-0.2, 0) is 0 Å². The zero-order valence-electron chi connectivity index (χ0n) is 13.7. The van der Waals surface area contributed by atoms with Crippen LogP contribution in [0.15, 0.2) is 0 Å². The standard InChI is InChI=1S/C18H32N2/c1-17(2)10-16-11-18(3,12-17)13-19(16)8-9-20-14-4-5-15(20)7-6-14/h14-16H,4-13H2,1-3H3. The molecule has 2 heteroatoms. The first-order valence-electron chi connectivity index (χ1n) is 8.94. The van der Waals surface area contributed by atoms with Crippen molar-refractivity contribution >= 4 is 0 Å². The maximum absolute atomic E-state index is 2.86. The SMILES string of the molecule is CC1(C)CC2CC(C)(CN2CCN2C3CCC2CC3)C1. The lowest BCUT2D eigenvalue weighted by molar-refractivity contribution is 0.123. The van der Waals surface area contributed by atoms with E-state index in [1.807, 2.05) is 0 Å². The van der Waals surface area contributed by atoms with Crippen molar-refractivity contribution in [1.29, 1.82) is 0 Å². The molecule has 4 aliphatic rings. The fourth-order valence-electron chi connectivity index (χ4n) is 6.47. The third-order valence-corrected chi connectivity index (χ3v) is 6.77. The first-order chi connectivity index (χ1) is 9.44. The van der Waals surface area contributed by atoms with Gasteiger partial charge >= 0.3 is 0 Å². The molecule has 1 saturated carbocycles. The highest BCUT2D eigenvalue weighted by Gasteiger charge is 2.49. The summed E-state index contributed by atoms with van der Waals surface area (Å²) in [6, 6.07) is 2.78. The summed E-state index contributed by atoms with van der Waals surface area (Å²) in [5.74, 6) is 0. The smallest absolute Gasteiger partial charge is 0.0115 e. The highest BCUT2D eigenvalue weighted by atomic mass is 15.3. The van der Waals surface area contributed by atoms with Gasteiger partial charge in [0.25, 0.3) is 0 Å². The molecule has 0 aromatic heterocycles. The number of nitrogens with zero attached hydrogens (tertiary/aromatic N) is 2. The van der Waals surface area contributed by atoms with E-state index in [4.69, 9.17) is 0 Å². The monoisotopic (exact) mass is 276 g/mol. The summed E-state index contributed by atoms with van der Waals surface area (Å²) in [6.07, 6.45) is 10.3. The Balaban J connectivity index is 1.38. The number of fused-ring (bicyclic) bond motifs is 4. The highest BCUT2D eigenvalue weighted by molar-refractivity contribution is 5.03. The van der Waals surface area contributed by atoms with E-state index in [1.165, 1.54) is 64.6 Å². The van der Waals surface area contributed by atoms with Gasteiger partial charge in [0.15, 0.2) is 0 Å². The quantitative estimate of drug-likeness (QED) is 0.778. The molecule has 2 unspecified atom stereocenters. The molecule has 0 radical (unpaired) electrons. The molecule has 1 aliphatic carbocycles. The van der Waals surface area contributed by atoms with Gasteiger partial charge in [0.2, 0.25) is 0 Å². The van der Waals surface area contributed by atoms with Gasteiger partial charge in [0.1, 0.15) is 0 Å². The van der Waals surface area contributed by atoms with Crippen LogP contribution in [0.4, 0.5) is 0 Å². The van der Waals surface area contributed by atoms with Crippen molar-refractivity contribution in [1.82, 2.24) is 9.80 Å². The van der Waals surface area contributed by atoms with Crippen molar-refractivity contribution in [3.05, 3.63) is 0 Å². The Labute approximate surface area is 124 Å². The van der Waals surface area contributed by atoms with E-state index in [0.717, 1.165) is 18.1 Å². The molecule has 3 aliphatic heterocycles. The molecule has 0 aromatic carbocycles. The topological polar surface area (TPSA) is 6.48 Å². The fraction of sp³-hybridized carbons (Fsp3) is 1.00. The second kappa shape index (κ2) is 4.46. The molecule has 4 rings (SSSR count). The van der Waals surface area contributed by atoms with Gasteiger partial charge in [-0.15, -0.1) is 0 Å². The highest BCUT2D eigenvalue weighted by Crippen LogP contribution is 2.52. The number of hydrogen-bond acceptors (Lipinski definition) is 2. The summed E-state index contributed by atoms with van der Waals surface area (Å²) < 4.78 is 0. The Morgan fingerprint density at radius 2 is 1.50 bits per heavy atom. The van der Waals surface area contributed by atoms with Gasteiger partial charge in [0.05, 0.1) is 0 Å². The lowest BCUT2D eigenvalue weighted by atomic mass is 9.65. The van der Waals surface area contributed by atoms with E-state index in [1.54, 1.807) is 0 Å². The maximum Gasteiger partial charge on any atom is 0.0115 e. The van der Waals surface area contributed by atoms with Crippen LogP contribution >= 0.6 is 0 Å². The summed E-state index contributed by atoms with van der Waals surface area (Å²) in [7, 11) is 0. The minimum atomic E-state index is 0.569. The van der Waals surface area contributed by atoms with Crippen LogP contribution in [0.1, 0.15) is 65.7 Å². The molecular weight excluding hydrogens is 244 g/mol. The van der Waals surface area contributed by atoms with Crippen LogP contribution in [0.2, 0.25) is 0 Å². The van der Waals surface area contributed by atoms with Gasteiger partial charge in [-0.05, 0) is 55.8 Å². The molecule has 20 heavy (non-hydrogen) atoms. The third-order valence-electron chi connectivity index (χ3n) is 6.77. The van der Waals surface area contributed by atoms with E-state index in [9.17, 15) is 0 Å². The average molecular weight is 276 g/mol. The molecule has 114 valence electrons. The fourth-order valence-corrected chi connectivity index (χ4v) is 6.47. The van der Waals surface area contributed by atoms with E-state index in [0.29, 0.717) is 10.8 Å². The molecule has 3 saturated heterocycles. The Morgan fingerprint density at radius 1 is 0.850 bits per heavy atom. The van der Waals surface area contributed by atoms with E-state index in [-0.39, 0.29) is 0 Å². The molecule has 4 bridgehead atoms. The van der Waals surface area contributed by atoms with E-state index in [2.05, 4.69) is 30.6 Å². The maximum atomic E-state index is 2.86. The molecule has 3 heterocycles. The molecule has 2 atom stereocenters. The summed E-state index contributed by atoms with van der Waals surface area (Å²) in [5, 5.41) is 0. The predicted octanol–water partition coefficient (Wildman–Crippen LogP) is 3.51. The summed E-state index contributed by atoms with van der Waals surface area (Å²) in [5.41, 5.74) is 1.18. The van der Waals surface area contributed by atoms with Crippen molar-refractivity contribution in [2.75, 3.05) is 19.6 Å². The van der Waals surface area contributed by atoms with Gasteiger partial charge in [0, 0.05) is 37.8 Å². The minimum absolute atomic E-state index is 0.569. The average Bonchev–Trinajstić information content (AvgIpc) is 2.97. The van der Waals surface area contributed by atoms with Crippen LogP contribution in [-0.4, -0.2) is 47.6 Å². The van der Waals surface area contributed by atoms with E-state index >= 15 is 0 Å². The van der Waals surface area contributed by atoms with Gasteiger partial charge in [-0.2, -0.15) is 0 Å². The molecule has 0 aromatic rings. The molecular formula is C18H32N2. The number of rotatable bonds is 3. The minimum Gasteiger partial charge on any atom is -0.299 e. The number of hydrogen-bond donors (Lipinski definition) is 0. The van der Waals surface area contributed by atoms with Crippen molar-refractivity contribution in [3.63, 3.8) is 0 Å². The summed E-state index contributed by atoms with van der Waals surface area (Å²) in [4.78, 5) is 5.71. The third kappa shape index (κ3) is 2.23. The molecule has 2 nitrogen and oxygen atoms in total. The lowest BCUT2D eigenvalue weighted by Crippen LogP contribution is -2.40. The van der Waals surface area contributed by atoms with Crippen molar-refractivity contribution in [3.8, 4) is 0 Å². The van der Waals surface area contributed by atoms with E-state index < -0.39 is 0 Å². The Hall–Kier alpha value is -0.0800. The van der Waals surface area contributed by atoms with Crippen LogP contribution < -0.4 is 0 Å². The second-order valence-electron chi connectivity index (χ2n) is 9.38. The summed E-state index contributed by atoms with van der Waals surface area (Å²) in [6.45, 7) is 11.6. The predicted molar refractivity (Wildman–Crippen MR) is 83.9 cm³/mol. The van der Waals surface area contributed by atoms with Crippen LogP contribution in [0.5, 0.6) is 0 Å². The van der Waals surface area contributed by atoms with Gasteiger partial charge in [-0.1, -0.05) is 20.8 Å². The zero-order valence-corrected chi connectivity index (χ0v) is 13.7. The van der Waals surface area contributed by atoms with Crippen molar-refractivity contribution in [2.45, 2.75) is 83.8 Å². The lowest BCUT2D eigenvalue weighted by Gasteiger charge is -2.40. The van der Waals surface area contributed by atoms with Gasteiger partial charge < -0.3 is 0 Å². The van der Waals surface area contributed by atoms with Gasteiger partial charge in [-0.25, -0.2) is 0 Å². The Kier molecular flexibility index (Phi) is 3.03. The first kappa shape index (κ1) is 13.6. The Morgan fingerprint density at radius 3 is 2.15 bits per heavy atom. The molecule has 0 N–H and O–H groups in total. The van der Waals surface area contributed by atoms with Crippen molar-refractivity contribution in [2.24, 2.45) is 10.8 Å². The summed E-state index contributed by atoms with van der Waals surface area (Å²) >= 11 is 0. The van der Waals surface area contributed by atoms with Crippen LogP contribution in [0.3, 0.4) is 0 Å². The Bertz CT molecular complexity index is 371. The van der Waals surface area contributed by atoms with Gasteiger partial charge in [-0.3, -0.25) is 9.80 Å². The molecule has 4 fully saturated rings. The number of likely N-dealkylation sites (tertiary alicyclic amines) is 1. The van der Waals surface area contributed by atoms with Crippen LogP contribution in [0.25, 0.3) is 0 Å². The van der Waals surface area contributed by atoms with Crippen LogP contribution in [0, 0.1) is 10.8 Å². The molecule has 0 amide bonds. The largest absolute Gasteiger partial charge is 0.299 e.